The van der Waals surface area contributed by atoms with E-state index < -0.39 is 11.7 Å². The molecule has 1 aromatic heterocycles. The molecule has 0 saturated heterocycles. The molecule has 1 amide bonds. The molecule has 1 heterocycles. The molecule has 40 heavy (non-hydrogen) atoms. The number of amides is 1. The summed E-state index contributed by atoms with van der Waals surface area (Å²) in [6, 6.07) is 14.5. The number of alkyl carbamates (subject to hydrolysis) is 1. The summed E-state index contributed by atoms with van der Waals surface area (Å²) >= 11 is 3.26. The van der Waals surface area contributed by atoms with Crippen LogP contribution in [0, 0.1) is 0 Å². The summed E-state index contributed by atoms with van der Waals surface area (Å²) in [6.45, 7) is 16.4. The first kappa shape index (κ1) is 33.1. The van der Waals surface area contributed by atoms with Crippen LogP contribution in [0.1, 0.15) is 61.0 Å². The van der Waals surface area contributed by atoms with Crippen LogP contribution in [0.3, 0.4) is 0 Å². The number of rotatable bonds is 9. The number of anilines is 1. The first-order valence-corrected chi connectivity index (χ1v) is 14.7. The molecule has 0 spiro atoms. The molecular weight excluding hydrogens is 544 g/mol. The Morgan fingerprint density at radius 3 is 2.27 bits per heavy atom. The third-order valence-corrected chi connectivity index (χ3v) is 7.22. The molecule has 3 rings (SSSR count). The Morgan fingerprint density at radius 1 is 1.07 bits per heavy atom. The number of hydrogen-bond acceptors (Lipinski definition) is 9. The van der Waals surface area contributed by atoms with E-state index >= 15 is 0 Å². The van der Waals surface area contributed by atoms with Crippen LogP contribution in [0.4, 0.5) is 10.5 Å². The lowest BCUT2D eigenvalue weighted by atomic mass is 10.1. The molecule has 0 fully saturated rings. The second kappa shape index (κ2) is 15.1. The van der Waals surface area contributed by atoms with Gasteiger partial charge in [0.15, 0.2) is 0 Å². The molecule has 3 N–H and O–H groups in total. The van der Waals surface area contributed by atoms with Gasteiger partial charge in [0.1, 0.15) is 10.6 Å². The molecule has 2 aromatic carbocycles. The zero-order valence-corrected chi connectivity index (χ0v) is 26.5. The lowest BCUT2D eigenvalue weighted by Gasteiger charge is -2.21. The minimum Gasteiger partial charge on any atom is -0.465 e. The maximum Gasteiger partial charge on any atom is 0.407 e. The maximum atomic E-state index is 12.1. The molecule has 0 saturated carbocycles. The van der Waals surface area contributed by atoms with Gasteiger partial charge in [0.2, 0.25) is 0 Å². The van der Waals surface area contributed by atoms with E-state index in [1.54, 1.807) is 37.1 Å². The Labute approximate surface area is 246 Å². The van der Waals surface area contributed by atoms with Gasteiger partial charge in [0, 0.05) is 47.0 Å². The summed E-state index contributed by atoms with van der Waals surface area (Å²) in [5.74, 6) is 0. The fourth-order valence-electron chi connectivity index (χ4n) is 3.08. The molecule has 0 radical (unpaired) electrons. The molecule has 0 aliphatic heterocycles. The Hall–Kier alpha value is -3.08. The number of thiazole rings is 1. The van der Waals surface area contributed by atoms with Crippen LogP contribution < -0.4 is 15.4 Å². The molecule has 8 nitrogen and oxygen atoms in total. The van der Waals surface area contributed by atoms with Gasteiger partial charge < -0.3 is 20.1 Å². The van der Waals surface area contributed by atoms with E-state index in [0.717, 1.165) is 37.2 Å². The minimum atomic E-state index is -0.525. The van der Waals surface area contributed by atoms with E-state index in [-0.39, 0.29) is 11.6 Å². The summed E-state index contributed by atoms with van der Waals surface area (Å²) in [4.78, 5) is 28.3. The zero-order valence-electron chi connectivity index (χ0n) is 24.9. The standard InChI is InChI=1S/C26H34N4O2S2.C4H8O2/c1-25(2,3)30-34-21-14-17(15-29-24(31)32-26(4,5)6)8-13-20(21)22-16-28-23(33-22)18-9-11-19(27-7)12-10-18;1-4(2)6-3-5/h8-14,16,27,30H,15H2,1-7H3,(H,29,31);3-4H,1-2H3. The Bertz CT molecular complexity index is 1230. The third-order valence-electron chi connectivity index (χ3n) is 4.87. The second-order valence-electron chi connectivity index (χ2n) is 11.3. The van der Waals surface area contributed by atoms with Crippen LogP contribution in [-0.2, 0) is 20.8 Å². The van der Waals surface area contributed by atoms with Gasteiger partial charge in [-0.1, -0.05) is 12.1 Å². The fraction of sp³-hybridized carbons (Fsp3) is 0.433. The second-order valence-corrected chi connectivity index (χ2v) is 13.2. The first-order valence-electron chi connectivity index (χ1n) is 13.1. The number of nitrogens with one attached hydrogen (secondary N) is 3. The molecule has 10 heteroatoms. The van der Waals surface area contributed by atoms with Gasteiger partial charge >= 0.3 is 6.09 Å². The smallest absolute Gasteiger partial charge is 0.407 e. The number of hydrogen-bond donors (Lipinski definition) is 3. The molecule has 0 aliphatic rings. The van der Waals surface area contributed by atoms with Gasteiger partial charge in [0.05, 0.1) is 11.0 Å². The fourth-order valence-corrected chi connectivity index (χ4v) is 5.02. The summed E-state index contributed by atoms with van der Waals surface area (Å²) < 4.78 is 13.2. The van der Waals surface area contributed by atoms with E-state index in [1.165, 1.54) is 0 Å². The number of ether oxygens (including phenoxy) is 2. The van der Waals surface area contributed by atoms with E-state index in [9.17, 15) is 9.59 Å². The van der Waals surface area contributed by atoms with Crippen molar-refractivity contribution < 1.29 is 19.1 Å². The van der Waals surface area contributed by atoms with Crippen molar-refractivity contribution in [2.75, 3.05) is 12.4 Å². The normalized spacial score (nSPS) is 11.3. The van der Waals surface area contributed by atoms with Crippen LogP contribution in [0.2, 0.25) is 0 Å². The average molecular weight is 587 g/mol. The van der Waals surface area contributed by atoms with E-state index in [4.69, 9.17) is 4.74 Å². The molecule has 0 atom stereocenters. The molecule has 218 valence electrons. The van der Waals surface area contributed by atoms with E-state index in [2.05, 4.69) is 82.2 Å². The van der Waals surface area contributed by atoms with Gasteiger partial charge in [-0.3, -0.25) is 9.52 Å². The lowest BCUT2D eigenvalue weighted by molar-refractivity contribution is -0.131. The minimum absolute atomic E-state index is 0.0301. The van der Waals surface area contributed by atoms with Gasteiger partial charge in [-0.15, -0.1) is 11.3 Å². The van der Waals surface area contributed by atoms with Gasteiger partial charge in [-0.25, -0.2) is 9.78 Å². The number of carbonyl (C=O) groups excluding carboxylic acids is 2. The first-order chi connectivity index (χ1) is 18.7. The van der Waals surface area contributed by atoms with Gasteiger partial charge in [-0.2, -0.15) is 0 Å². The van der Waals surface area contributed by atoms with Crippen LogP contribution >= 0.6 is 23.3 Å². The summed E-state index contributed by atoms with van der Waals surface area (Å²) in [6.07, 6.45) is 1.54. The van der Waals surface area contributed by atoms with Gasteiger partial charge in [0.25, 0.3) is 6.47 Å². The number of carbonyl (C=O) groups is 2. The van der Waals surface area contributed by atoms with E-state index in [0.29, 0.717) is 13.0 Å². The third kappa shape index (κ3) is 12.0. The van der Waals surface area contributed by atoms with Crippen molar-refractivity contribution in [1.82, 2.24) is 15.0 Å². The highest BCUT2D eigenvalue weighted by molar-refractivity contribution is 7.97. The van der Waals surface area contributed by atoms with Crippen molar-refractivity contribution in [2.24, 2.45) is 0 Å². The summed E-state index contributed by atoms with van der Waals surface area (Å²) in [5.41, 5.74) is 3.70. The Kier molecular flexibility index (Phi) is 12.5. The highest BCUT2D eigenvalue weighted by Gasteiger charge is 2.18. The Morgan fingerprint density at radius 2 is 1.75 bits per heavy atom. The SMILES string of the molecule is CC(C)OC=O.CNc1ccc(-c2ncc(-c3ccc(CNC(=O)OC(C)(C)C)cc3SNC(C)(C)C)s2)cc1. The highest BCUT2D eigenvalue weighted by Crippen LogP contribution is 2.38. The van der Waals surface area contributed by atoms with Crippen LogP contribution in [0.5, 0.6) is 0 Å². The number of nitrogens with zero attached hydrogens (tertiary/aromatic N) is 1. The molecule has 0 unspecified atom stereocenters. The van der Waals surface area contributed by atoms with Crippen molar-refractivity contribution in [3.8, 4) is 21.0 Å². The predicted molar refractivity (Wildman–Crippen MR) is 167 cm³/mol. The topological polar surface area (TPSA) is 102 Å². The van der Waals surface area contributed by atoms with Crippen LogP contribution in [-0.4, -0.2) is 41.8 Å². The zero-order chi connectivity index (χ0) is 29.9. The molecule has 0 bridgehead atoms. The molecule has 0 aliphatic carbocycles. The van der Waals surface area contributed by atoms with Gasteiger partial charge in [-0.05, 0) is 103 Å². The van der Waals surface area contributed by atoms with Crippen molar-refractivity contribution in [1.29, 1.82) is 0 Å². The quantitative estimate of drug-likeness (QED) is 0.175. The number of aromatic nitrogens is 1. The average Bonchev–Trinajstić information content (AvgIpc) is 3.35. The Balaban J connectivity index is 0.000000840. The lowest BCUT2D eigenvalue weighted by Crippen LogP contribution is -2.32. The van der Waals surface area contributed by atoms with Crippen molar-refractivity contribution >= 4 is 41.5 Å². The number of benzene rings is 2. The highest BCUT2D eigenvalue weighted by atomic mass is 32.2. The predicted octanol–water partition coefficient (Wildman–Crippen LogP) is 7.51. The molecule has 3 aromatic rings. The summed E-state index contributed by atoms with van der Waals surface area (Å²) in [5, 5.41) is 6.97. The van der Waals surface area contributed by atoms with Crippen molar-refractivity contribution in [3.63, 3.8) is 0 Å². The van der Waals surface area contributed by atoms with Crippen LogP contribution in [0.15, 0.2) is 53.6 Å². The van der Waals surface area contributed by atoms with Crippen LogP contribution in [0.25, 0.3) is 21.0 Å². The van der Waals surface area contributed by atoms with E-state index in [1.807, 2.05) is 40.1 Å². The largest absolute Gasteiger partial charge is 0.465 e. The summed E-state index contributed by atoms with van der Waals surface area (Å²) in [7, 11) is 1.91. The van der Waals surface area contributed by atoms with Crippen molar-refractivity contribution in [3.05, 3.63) is 54.2 Å². The monoisotopic (exact) mass is 586 g/mol. The maximum absolute atomic E-state index is 12.1. The van der Waals surface area contributed by atoms with Crippen molar-refractivity contribution in [2.45, 2.75) is 84.1 Å². The molecular formula is C30H42N4O4S2.